The second-order valence-electron chi connectivity index (χ2n) is 21.8. The van der Waals surface area contributed by atoms with Gasteiger partial charge in [-0.1, -0.05) is 204 Å². The van der Waals surface area contributed by atoms with Crippen LogP contribution in [0.2, 0.25) is 66.5 Å². The third-order valence-electron chi connectivity index (χ3n) is 15.5. The first-order valence-electron chi connectivity index (χ1n) is 23.9. The van der Waals surface area contributed by atoms with Crippen LogP contribution in [-0.4, -0.2) is 32.3 Å². The predicted molar refractivity (Wildman–Crippen MR) is 277 cm³/mol. The van der Waals surface area contributed by atoms with Crippen molar-refractivity contribution in [2.75, 3.05) is 0 Å². The molecule has 1 aromatic carbocycles. The highest BCUT2D eigenvalue weighted by Crippen LogP contribution is 2.45. The molecule has 0 bridgehead atoms. The van der Waals surface area contributed by atoms with Crippen LogP contribution in [0.5, 0.6) is 0 Å². The van der Waals surface area contributed by atoms with Crippen LogP contribution >= 0.6 is 0 Å². The summed E-state index contributed by atoms with van der Waals surface area (Å²) in [6.45, 7) is 63.2. The number of hydrogen-bond acceptors (Lipinski definition) is 0. The predicted octanol–water partition coefficient (Wildman–Crippen LogP) is 17.1. The first kappa shape index (κ1) is 54.3. The Hall–Kier alpha value is -1.67. The highest BCUT2D eigenvalue weighted by Gasteiger charge is 2.45. The van der Waals surface area contributed by atoms with E-state index in [1.807, 2.05) is 0 Å². The first-order valence-corrected chi connectivity index (χ1v) is 32.9. The SMILES string of the molecule is CCc1c(C#C[Si](C(C)C)(C(C)C)C(C)C)c(C#C[Si](C(C)C)(C(C)C)C(C)C)c(C#C[Si](C(C)C)(C(C)C)C(C)C)c(C#C[Si](C(C)C)(C(C)C)C(C)C)c1CC. The van der Waals surface area contributed by atoms with Gasteiger partial charge in [-0.2, -0.15) is 0 Å². The molecule has 0 N–H and O–H groups in total. The Balaban J connectivity index is 5.39. The molecule has 1 rings (SSSR count). The summed E-state index contributed by atoms with van der Waals surface area (Å²) in [7, 11) is -8.35. The van der Waals surface area contributed by atoms with Crippen molar-refractivity contribution in [3.63, 3.8) is 0 Å². The molecule has 1 aromatic rings. The van der Waals surface area contributed by atoms with E-state index >= 15 is 0 Å². The molecule has 0 fully saturated rings. The molecule has 0 radical (unpaired) electrons. The second kappa shape index (κ2) is 21.9. The molecule has 326 valence electrons. The molecule has 0 aromatic heterocycles. The van der Waals surface area contributed by atoms with Gasteiger partial charge in [0.1, 0.15) is 32.3 Å². The van der Waals surface area contributed by atoms with E-state index in [1.165, 1.54) is 22.3 Å². The highest BCUT2D eigenvalue weighted by molar-refractivity contribution is 6.92. The molecule has 0 spiro atoms. The van der Waals surface area contributed by atoms with E-state index in [-0.39, 0.29) is 0 Å². The van der Waals surface area contributed by atoms with Crippen LogP contribution in [-0.2, 0) is 12.8 Å². The Morgan fingerprint density at radius 1 is 0.259 bits per heavy atom. The van der Waals surface area contributed by atoms with Gasteiger partial charge in [-0.05, 0) is 90.5 Å². The lowest BCUT2D eigenvalue weighted by Crippen LogP contribution is -2.43. The van der Waals surface area contributed by atoms with Crippen LogP contribution in [0.3, 0.4) is 0 Å². The maximum Gasteiger partial charge on any atom is 0.146 e. The van der Waals surface area contributed by atoms with Crippen LogP contribution in [0.25, 0.3) is 0 Å². The molecule has 0 aliphatic heterocycles. The number of rotatable bonds is 14. The molecule has 4 heteroatoms. The van der Waals surface area contributed by atoms with E-state index < -0.39 is 32.3 Å². The van der Waals surface area contributed by atoms with Crippen molar-refractivity contribution in [1.82, 2.24) is 0 Å². The second-order valence-corrected chi connectivity index (χ2v) is 44.1. The Labute approximate surface area is 368 Å². The molecular weight excluding hydrogens is 761 g/mol. The summed E-state index contributed by atoms with van der Waals surface area (Å²) >= 11 is 0. The Bertz CT molecular complexity index is 1550. The third-order valence-corrected chi connectivity index (χ3v) is 40.7. The lowest BCUT2D eigenvalue weighted by atomic mass is 9.85. The topological polar surface area (TPSA) is 0 Å². The van der Waals surface area contributed by atoms with Gasteiger partial charge in [0.2, 0.25) is 0 Å². The minimum absolute atomic E-state index is 0.532. The van der Waals surface area contributed by atoms with Gasteiger partial charge in [0.25, 0.3) is 0 Å². The van der Waals surface area contributed by atoms with Crippen LogP contribution in [0.15, 0.2) is 0 Å². The van der Waals surface area contributed by atoms with Crippen LogP contribution < -0.4 is 0 Å². The molecule has 0 atom stereocenters. The molecule has 0 unspecified atom stereocenters. The van der Waals surface area contributed by atoms with Crippen molar-refractivity contribution in [3.8, 4) is 45.9 Å². The Morgan fingerprint density at radius 2 is 0.397 bits per heavy atom. The number of benzene rings is 1. The van der Waals surface area contributed by atoms with E-state index in [0.717, 1.165) is 24.0 Å². The van der Waals surface area contributed by atoms with Gasteiger partial charge in [0.15, 0.2) is 0 Å². The van der Waals surface area contributed by atoms with Crippen molar-refractivity contribution >= 4 is 32.3 Å². The highest BCUT2D eigenvalue weighted by atomic mass is 28.3. The van der Waals surface area contributed by atoms with Crippen molar-refractivity contribution in [2.45, 2.75) is 259 Å². The van der Waals surface area contributed by atoms with Gasteiger partial charge in [-0.25, -0.2) is 0 Å². The Morgan fingerprint density at radius 3 is 0.517 bits per heavy atom. The largest absolute Gasteiger partial charge is 0.146 e. The molecule has 0 saturated carbocycles. The quantitative estimate of drug-likeness (QED) is 0.129. The molecule has 0 saturated heterocycles. The Kier molecular flexibility index (Phi) is 20.5. The molecule has 0 aliphatic rings. The van der Waals surface area contributed by atoms with Crippen molar-refractivity contribution in [3.05, 3.63) is 33.4 Å². The molecule has 0 heterocycles. The molecule has 0 amide bonds. The molecule has 58 heavy (non-hydrogen) atoms. The summed E-state index contributed by atoms with van der Waals surface area (Å²) in [5, 5.41) is 0. The van der Waals surface area contributed by atoms with Gasteiger partial charge in [-0.15, -0.1) is 22.2 Å². The van der Waals surface area contributed by atoms with Crippen LogP contribution in [0.4, 0.5) is 0 Å². The van der Waals surface area contributed by atoms with Gasteiger partial charge in [-0.3, -0.25) is 0 Å². The fraction of sp³-hybridized carbons (Fsp3) is 0.741. The maximum atomic E-state index is 4.24. The summed E-state index contributed by atoms with van der Waals surface area (Å²) < 4.78 is 0. The summed E-state index contributed by atoms with van der Waals surface area (Å²) in [5.74, 6) is 16.5. The van der Waals surface area contributed by atoms with Gasteiger partial charge >= 0.3 is 0 Å². The molecule has 0 nitrogen and oxygen atoms in total. The summed E-state index contributed by atoms with van der Waals surface area (Å²) in [6, 6.07) is 0. The summed E-state index contributed by atoms with van der Waals surface area (Å²) in [4.78, 5) is 0. The van der Waals surface area contributed by atoms with E-state index in [0.29, 0.717) is 66.5 Å². The summed E-state index contributed by atoms with van der Waals surface area (Å²) in [6.07, 6.45) is 1.82. The molecule has 0 aliphatic carbocycles. The fourth-order valence-corrected chi connectivity index (χ4v) is 33.4. The monoisotopic (exact) mass is 855 g/mol. The lowest BCUT2D eigenvalue weighted by Gasteiger charge is -2.38. The normalized spacial score (nSPS) is 13.1. The van der Waals surface area contributed by atoms with Gasteiger partial charge < -0.3 is 0 Å². The van der Waals surface area contributed by atoms with Crippen LogP contribution in [0.1, 0.15) is 213 Å². The van der Waals surface area contributed by atoms with Crippen molar-refractivity contribution < 1.29 is 0 Å². The zero-order valence-corrected chi connectivity index (χ0v) is 47.3. The van der Waals surface area contributed by atoms with Gasteiger partial charge in [0, 0.05) is 11.1 Å². The first-order chi connectivity index (χ1) is 26.6. The van der Waals surface area contributed by atoms with E-state index in [4.69, 9.17) is 0 Å². The third kappa shape index (κ3) is 10.3. The number of hydrogen-bond donors (Lipinski definition) is 0. The molecular formula is C54H94Si4. The van der Waals surface area contributed by atoms with Crippen molar-refractivity contribution in [1.29, 1.82) is 0 Å². The van der Waals surface area contributed by atoms with E-state index in [2.05, 4.69) is 226 Å². The van der Waals surface area contributed by atoms with E-state index in [9.17, 15) is 0 Å². The van der Waals surface area contributed by atoms with E-state index in [1.54, 1.807) is 0 Å². The lowest BCUT2D eigenvalue weighted by molar-refractivity contribution is 0.838. The maximum absolute atomic E-state index is 4.24. The smallest absolute Gasteiger partial charge is 0.125 e. The van der Waals surface area contributed by atoms with Crippen molar-refractivity contribution in [2.24, 2.45) is 0 Å². The van der Waals surface area contributed by atoms with Gasteiger partial charge in [0.05, 0.1) is 11.1 Å². The summed E-state index contributed by atoms with van der Waals surface area (Å²) in [5.41, 5.74) is 30.7. The zero-order chi connectivity index (χ0) is 45.5. The fourth-order valence-electron chi connectivity index (χ4n) is 12.6. The zero-order valence-electron chi connectivity index (χ0n) is 43.3. The standard InChI is InChI=1S/C54H94Si4/c1-27-49-50(28-2)52(30-34-56(40(9)10,41(11)12)42(13)14)54(32-36-58(46(21)22,47(23)24)48(25)26)53(31-35-57(43(15)16,44(17)18)45(19)20)51(49)29-33-55(37(3)4,38(5)6)39(7)8/h37-48H,27-28H2,1-26H3. The minimum atomic E-state index is -2.11. The van der Waals surface area contributed by atoms with Crippen LogP contribution in [0, 0.1) is 45.9 Å². The minimum Gasteiger partial charge on any atom is -0.125 e. The average molecular weight is 856 g/mol. The average Bonchev–Trinajstić information content (AvgIpc) is 3.07.